The van der Waals surface area contributed by atoms with Crippen molar-refractivity contribution in [3.8, 4) is 11.1 Å². The Hall–Kier alpha value is -3.40. The summed E-state index contributed by atoms with van der Waals surface area (Å²) in [5.74, 6) is 0.252. The smallest absolute Gasteiger partial charge is 0.254 e. The van der Waals surface area contributed by atoms with E-state index in [9.17, 15) is 4.79 Å². The van der Waals surface area contributed by atoms with Gasteiger partial charge in [0.1, 0.15) is 0 Å². The maximum absolute atomic E-state index is 11.9. The molecule has 0 saturated carbocycles. The van der Waals surface area contributed by atoms with Crippen LogP contribution in [0.3, 0.4) is 0 Å². The molecule has 0 bridgehead atoms. The number of rotatable bonds is 4. The molecule has 28 heavy (non-hydrogen) atoms. The van der Waals surface area contributed by atoms with Gasteiger partial charge in [-0.2, -0.15) is 0 Å². The Morgan fingerprint density at radius 1 is 0.893 bits per heavy atom. The van der Waals surface area contributed by atoms with E-state index in [1.165, 1.54) is 37.6 Å². The summed E-state index contributed by atoms with van der Waals surface area (Å²) < 4.78 is 1.35. The molecule has 4 nitrogen and oxygen atoms in total. The summed E-state index contributed by atoms with van der Waals surface area (Å²) in [7, 11) is 1.63. The van der Waals surface area contributed by atoms with E-state index in [0.29, 0.717) is 6.42 Å². The zero-order valence-corrected chi connectivity index (χ0v) is 16.1. The highest BCUT2D eigenvalue weighted by molar-refractivity contribution is 5.87. The lowest BCUT2D eigenvalue weighted by Gasteiger charge is -2.08. The number of aromatic nitrogens is 2. The molecule has 3 aromatic carbocycles. The van der Waals surface area contributed by atoms with Gasteiger partial charge in [0, 0.05) is 13.1 Å². The largest absolute Gasteiger partial charge is 0.369 e. The average Bonchev–Trinajstić information content (AvgIpc) is 2.70. The molecule has 0 spiro atoms. The highest BCUT2D eigenvalue weighted by atomic mass is 16.1. The standard InChI is InChI=1S/C24H23N3O/c1-16-6-8-20-14-21(10-9-19(20)12-16)18-5-3-4-17(13-18)7-11-22-15-23(28)27(2)24(25)26-22/h3-6,8-10,12-15H,7,11H2,1-2H3,(H2,25,26). The zero-order chi connectivity index (χ0) is 19.7. The molecule has 1 heterocycles. The maximum atomic E-state index is 11.9. The first-order valence-corrected chi connectivity index (χ1v) is 9.42. The highest BCUT2D eigenvalue weighted by Gasteiger charge is 2.05. The predicted octanol–water partition coefficient (Wildman–Crippen LogP) is 4.28. The molecule has 4 heteroatoms. The molecule has 140 valence electrons. The molecule has 0 fully saturated rings. The molecule has 0 saturated heterocycles. The quantitative estimate of drug-likeness (QED) is 0.584. The fourth-order valence-electron chi connectivity index (χ4n) is 3.46. The third-order valence-corrected chi connectivity index (χ3v) is 5.15. The van der Waals surface area contributed by atoms with Gasteiger partial charge >= 0.3 is 0 Å². The topological polar surface area (TPSA) is 60.9 Å². The fraction of sp³-hybridized carbons (Fsp3) is 0.167. The first-order valence-electron chi connectivity index (χ1n) is 9.42. The second kappa shape index (κ2) is 7.31. The SMILES string of the molecule is Cc1ccc2cc(-c3cccc(CCc4cc(=O)n(C)c(N)n4)c3)ccc2c1. The second-order valence-corrected chi connectivity index (χ2v) is 7.27. The van der Waals surface area contributed by atoms with Crippen LogP contribution in [0.2, 0.25) is 0 Å². The van der Waals surface area contributed by atoms with Gasteiger partial charge in [-0.1, -0.05) is 60.2 Å². The van der Waals surface area contributed by atoms with Crippen LogP contribution in [0.25, 0.3) is 21.9 Å². The summed E-state index contributed by atoms with van der Waals surface area (Å²) >= 11 is 0. The summed E-state index contributed by atoms with van der Waals surface area (Å²) in [6.07, 6.45) is 1.49. The molecule has 0 atom stereocenters. The summed E-state index contributed by atoms with van der Waals surface area (Å²) in [4.78, 5) is 16.2. The Labute approximate surface area is 164 Å². The van der Waals surface area contributed by atoms with Crippen LogP contribution in [0.5, 0.6) is 0 Å². The van der Waals surface area contributed by atoms with Crippen LogP contribution < -0.4 is 11.3 Å². The molecule has 0 radical (unpaired) electrons. The molecule has 0 amide bonds. The lowest BCUT2D eigenvalue weighted by Crippen LogP contribution is -2.21. The van der Waals surface area contributed by atoms with E-state index in [4.69, 9.17) is 5.73 Å². The average molecular weight is 369 g/mol. The predicted molar refractivity (Wildman–Crippen MR) is 115 cm³/mol. The zero-order valence-electron chi connectivity index (χ0n) is 16.1. The molecule has 0 aliphatic carbocycles. The van der Waals surface area contributed by atoms with Crippen LogP contribution in [0.4, 0.5) is 5.95 Å². The molecule has 4 rings (SSSR count). The minimum Gasteiger partial charge on any atom is -0.369 e. The van der Waals surface area contributed by atoms with E-state index in [1.54, 1.807) is 13.1 Å². The van der Waals surface area contributed by atoms with Gasteiger partial charge in [0.2, 0.25) is 5.95 Å². The van der Waals surface area contributed by atoms with E-state index >= 15 is 0 Å². The Morgan fingerprint density at radius 3 is 2.46 bits per heavy atom. The molecular weight excluding hydrogens is 346 g/mol. The van der Waals surface area contributed by atoms with Crippen molar-refractivity contribution in [2.75, 3.05) is 5.73 Å². The molecule has 0 unspecified atom stereocenters. The van der Waals surface area contributed by atoms with Crippen molar-refractivity contribution in [2.45, 2.75) is 19.8 Å². The van der Waals surface area contributed by atoms with E-state index in [2.05, 4.69) is 72.6 Å². The number of hydrogen-bond acceptors (Lipinski definition) is 3. The van der Waals surface area contributed by atoms with E-state index < -0.39 is 0 Å². The summed E-state index contributed by atoms with van der Waals surface area (Å²) in [5.41, 5.74) is 11.3. The summed E-state index contributed by atoms with van der Waals surface area (Å²) in [6.45, 7) is 2.11. The molecular formula is C24H23N3O. The third-order valence-electron chi connectivity index (χ3n) is 5.15. The molecule has 1 aromatic heterocycles. The Balaban J connectivity index is 1.58. The molecule has 2 N–H and O–H groups in total. The van der Waals surface area contributed by atoms with Gasteiger partial charge in [-0.3, -0.25) is 9.36 Å². The van der Waals surface area contributed by atoms with Gasteiger partial charge in [0.05, 0.1) is 5.69 Å². The van der Waals surface area contributed by atoms with Crippen LogP contribution in [0.15, 0.2) is 71.5 Å². The van der Waals surface area contributed by atoms with Gasteiger partial charge in [-0.15, -0.1) is 0 Å². The van der Waals surface area contributed by atoms with Crippen molar-refractivity contribution in [3.05, 3.63) is 93.9 Å². The normalized spacial score (nSPS) is 11.1. The highest BCUT2D eigenvalue weighted by Crippen LogP contribution is 2.26. The van der Waals surface area contributed by atoms with Crippen molar-refractivity contribution >= 4 is 16.7 Å². The first-order chi connectivity index (χ1) is 13.5. The van der Waals surface area contributed by atoms with E-state index in [0.717, 1.165) is 12.1 Å². The summed E-state index contributed by atoms with van der Waals surface area (Å²) in [6, 6.07) is 23.2. The number of benzene rings is 3. The summed E-state index contributed by atoms with van der Waals surface area (Å²) in [5, 5.41) is 2.50. The number of fused-ring (bicyclic) bond motifs is 1. The number of nitrogens with two attached hydrogens (primary N) is 1. The Morgan fingerprint density at radius 2 is 1.64 bits per heavy atom. The lowest BCUT2D eigenvalue weighted by molar-refractivity contribution is 0.806. The van der Waals surface area contributed by atoms with E-state index in [-0.39, 0.29) is 11.5 Å². The van der Waals surface area contributed by atoms with Crippen LogP contribution in [0, 0.1) is 6.92 Å². The van der Waals surface area contributed by atoms with Gasteiger partial charge in [0.25, 0.3) is 5.56 Å². The monoisotopic (exact) mass is 369 g/mol. The number of aryl methyl sites for hydroxylation is 3. The van der Waals surface area contributed by atoms with Gasteiger partial charge in [-0.05, 0) is 53.3 Å². The molecule has 0 aliphatic rings. The second-order valence-electron chi connectivity index (χ2n) is 7.27. The molecule has 0 aliphatic heterocycles. The fourth-order valence-corrected chi connectivity index (χ4v) is 3.46. The van der Waals surface area contributed by atoms with Crippen LogP contribution in [-0.2, 0) is 19.9 Å². The Kier molecular flexibility index (Phi) is 4.70. The van der Waals surface area contributed by atoms with Crippen LogP contribution >= 0.6 is 0 Å². The van der Waals surface area contributed by atoms with Crippen molar-refractivity contribution in [3.63, 3.8) is 0 Å². The van der Waals surface area contributed by atoms with Gasteiger partial charge in [-0.25, -0.2) is 4.98 Å². The van der Waals surface area contributed by atoms with Gasteiger partial charge < -0.3 is 5.73 Å². The van der Waals surface area contributed by atoms with Crippen molar-refractivity contribution in [2.24, 2.45) is 7.05 Å². The number of nitrogen functional groups attached to an aromatic ring is 1. The minimum atomic E-state index is -0.123. The first kappa shape index (κ1) is 18.0. The Bertz CT molecular complexity index is 1220. The van der Waals surface area contributed by atoms with Gasteiger partial charge in [0.15, 0.2) is 0 Å². The lowest BCUT2D eigenvalue weighted by atomic mass is 9.97. The van der Waals surface area contributed by atoms with Crippen molar-refractivity contribution < 1.29 is 0 Å². The molecule has 4 aromatic rings. The minimum absolute atomic E-state index is 0.123. The number of hydrogen-bond donors (Lipinski definition) is 1. The number of anilines is 1. The van der Waals surface area contributed by atoms with Crippen LogP contribution in [0.1, 0.15) is 16.8 Å². The van der Waals surface area contributed by atoms with Crippen molar-refractivity contribution in [1.29, 1.82) is 0 Å². The van der Waals surface area contributed by atoms with Crippen LogP contribution in [-0.4, -0.2) is 9.55 Å². The maximum Gasteiger partial charge on any atom is 0.254 e. The van der Waals surface area contributed by atoms with E-state index in [1.807, 2.05) is 0 Å². The number of nitrogens with zero attached hydrogens (tertiary/aromatic N) is 2. The third kappa shape index (κ3) is 3.67. The van der Waals surface area contributed by atoms with Crippen molar-refractivity contribution in [1.82, 2.24) is 9.55 Å².